The van der Waals surface area contributed by atoms with Crippen molar-refractivity contribution < 1.29 is 0 Å². The second-order valence-electron chi connectivity index (χ2n) is 4.88. The van der Waals surface area contributed by atoms with E-state index in [1.807, 2.05) is 16.3 Å². The second-order valence-corrected chi connectivity index (χ2v) is 4.88. The third kappa shape index (κ3) is 1.87. The molecule has 6 heteroatoms. The van der Waals surface area contributed by atoms with Crippen molar-refractivity contribution in [2.75, 3.05) is 5.73 Å². The summed E-state index contributed by atoms with van der Waals surface area (Å²) >= 11 is 0. The molecule has 1 aliphatic carbocycles. The second kappa shape index (κ2) is 4.12. The maximum atomic E-state index is 5.89. The number of hydrogen-bond donors (Lipinski definition) is 1. The van der Waals surface area contributed by atoms with Gasteiger partial charge >= 0.3 is 0 Å². The molecule has 2 aromatic rings. The summed E-state index contributed by atoms with van der Waals surface area (Å²) in [6, 6.07) is 2.10. The summed E-state index contributed by atoms with van der Waals surface area (Å²) in [6.07, 6.45) is 2.40. The molecule has 96 valence electrons. The van der Waals surface area contributed by atoms with E-state index in [1.54, 1.807) is 0 Å². The number of nitrogens with two attached hydrogens (primary N) is 1. The van der Waals surface area contributed by atoms with E-state index in [0.29, 0.717) is 18.3 Å². The predicted octanol–water partition coefficient (Wildman–Crippen LogP) is 1.31. The summed E-state index contributed by atoms with van der Waals surface area (Å²) < 4.78 is 3.93. The van der Waals surface area contributed by atoms with Gasteiger partial charge in [-0.05, 0) is 32.8 Å². The van der Waals surface area contributed by atoms with Crippen LogP contribution in [0.25, 0.3) is 0 Å². The Morgan fingerprint density at radius 1 is 1.39 bits per heavy atom. The highest BCUT2D eigenvalue weighted by atomic mass is 15.5. The highest BCUT2D eigenvalue weighted by Gasteiger charge is 2.30. The molecule has 2 aromatic heterocycles. The van der Waals surface area contributed by atoms with Crippen molar-refractivity contribution in [3.05, 3.63) is 23.1 Å². The molecule has 0 atom stereocenters. The Kier molecular flexibility index (Phi) is 2.57. The van der Waals surface area contributed by atoms with Gasteiger partial charge in [0, 0.05) is 12.5 Å². The minimum absolute atomic E-state index is 0.555. The van der Waals surface area contributed by atoms with Gasteiger partial charge in [0.25, 0.3) is 0 Å². The van der Waals surface area contributed by atoms with E-state index in [0.717, 1.165) is 23.6 Å². The Morgan fingerprint density at radius 2 is 2.17 bits per heavy atom. The summed E-state index contributed by atoms with van der Waals surface area (Å²) in [5.41, 5.74) is 9.18. The Balaban J connectivity index is 1.92. The van der Waals surface area contributed by atoms with Crippen molar-refractivity contribution in [1.29, 1.82) is 0 Å². The number of aromatic nitrogens is 5. The number of hydrogen-bond acceptors (Lipinski definition) is 4. The average Bonchev–Trinajstić information content (AvgIpc) is 3.02. The third-order valence-corrected chi connectivity index (χ3v) is 3.36. The Morgan fingerprint density at radius 3 is 2.83 bits per heavy atom. The van der Waals surface area contributed by atoms with Gasteiger partial charge in [0.2, 0.25) is 0 Å². The SMILES string of the molecule is CCn1nc(C)cc1Cn1nnc(N)c1C1CC1. The normalized spacial score (nSPS) is 15.2. The maximum Gasteiger partial charge on any atom is 0.169 e. The van der Waals surface area contributed by atoms with E-state index in [9.17, 15) is 0 Å². The van der Waals surface area contributed by atoms with Crippen LogP contribution in [0.1, 0.15) is 42.8 Å². The van der Waals surface area contributed by atoms with E-state index in [4.69, 9.17) is 5.73 Å². The van der Waals surface area contributed by atoms with Gasteiger partial charge in [-0.2, -0.15) is 5.10 Å². The van der Waals surface area contributed by atoms with Crippen LogP contribution in [-0.2, 0) is 13.1 Å². The highest BCUT2D eigenvalue weighted by molar-refractivity contribution is 5.38. The van der Waals surface area contributed by atoms with Crippen LogP contribution in [0.4, 0.5) is 5.82 Å². The molecule has 1 saturated carbocycles. The smallest absolute Gasteiger partial charge is 0.169 e. The molecule has 0 saturated heterocycles. The van der Waals surface area contributed by atoms with Crippen molar-refractivity contribution in [3.63, 3.8) is 0 Å². The van der Waals surface area contributed by atoms with E-state index in [-0.39, 0.29) is 0 Å². The van der Waals surface area contributed by atoms with Crippen molar-refractivity contribution in [2.24, 2.45) is 0 Å². The van der Waals surface area contributed by atoms with Crippen LogP contribution in [0.3, 0.4) is 0 Å². The van der Waals surface area contributed by atoms with E-state index < -0.39 is 0 Å². The van der Waals surface area contributed by atoms with Gasteiger partial charge in [-0.3, -0.25) is 4.68 Å². The van der Waals surface area contributed by atoms with Crippen LogP contribution in [0.2, 0.25) is 0 Å². The van der Waals surface area contributed by atoms with Crippen LogP contribution < -0.4 is 5.73 Å². The van der Waals surface area contributed by atoms with Gasteiger partial charge in [0.05, 0.1) is 23.6 Å². The molecule has 0 aromatic carbocycles. The molecule has 2 N–H and O–H groups in total. The molecule has 1 fully saturated rings. The van der Waals surface area contributed by atoms with E-state index in [1.165, 1.54) is 12.8 Å². The highest BCUT2D eigenvalue weighted by Crippen LogP contribution is 2.42. The molecule has 3 rings (SSSR count). The van der Waals surface area contributed by atoms with Gasteiger partial charge in [0.1, 0.15) is 0 Å². The zero-order chi connectivity index (χ0) is 12.7. The summed E-state index contributed by atoms with van der Waals surface area (Å²) in [7, 11) is 0. The van der Waals surface area contributed by atoms with Crippen molar-refractivity contribution in [2.45, 2.75) is 45.7 Å². The topological polar surface area (TPSA) is 74.5 Å². The van der Waals surface area contributed by atoms with Crippen molar-refractivity contribution in [3.8, 4) is 0 Å². The van der Waals surface area contributed by atoms with E-state index >= 15 is 0 Å². The summed E-state index contributed by atoms with van der Waals surface area (Å²) in [4.78, 5) is 0. The Hall–Kier alpha value is -1.85. The number of anilines is 1. The van der Waals surface area contributed by atoms with Gasteiger partial charge in [-0.15, -0.1) is 5.10 Å². The lowest BCUT2D eigenvalue weighted by atomic mass is 10.3. The lowest BCUT2D eigenvalue weighted by Gasteiger charge is -2.07. The number of aryl methyl sites for hydroxylation is 2. The zero-order valence-corrected chi connectivity index (χ0v) is 10.8. The van der Waals surface area contributed by atoms with Crippen LogP contribution >= 0.6 is 0 Å². The first kappa shape index (κ1) is 11.3. The molecule has 2 heterocycles. The third-order valence-electron chi connectivity index (χ3n) is 3.36. The zero-order valence-electron chi connectivity index (χ0n) is 10.8. The summed E-state index contributed by atoms with van der Waals surface area (Å²) in [5, 5.41) is 12.6. The molecule has 1 aliphatic rings. The Labute approximate surface area is 106 Å². The molecule has 0 amide bonds. The fourth-order valence-electron chi connectivity index (χ4n) is 2.38. The van der Waals surface area contributed by atoms with Crippen LogP contribution in [0.5, 0.6) is 0 Å². The number of nitrogens with zero attached hydrogens (tertiary/aromatic N) is 5. The first-order chi connectivity index (χ1) is 8.69. The fourth-order valence-corrected chi connectivity index (χ4v) is 2.38. The molecule has 6 nitrogen and oxygen atoms in total. The molecule has 0 radical (unpaired) electrons. The minimum atomic E-state index is 0.555. The van der Waals surface area contributed by atoms with Crippen LogP contribution in [0.15, 0.2) is 6.07 Å². The van der Waals surface area contributed by atoms with Crippen molar-refractivity contribution >= 4 is 5.82 Å². The molecular weight excluding hydrogens is 228 g/mol. The quantitative estimate of drug-likeness (QED) is 0.882. The average molecular weight is 246 g/mol. The molecule has 0 aliphatic heterocycles. The molecule has 18 heavy (non-hydrogen) atoms. The van der Waals surface area contributed by atoms with Crippen molar-refractivity contribution in [1.82, 2.24) is 24.8 Å². The largest absolute Gasteiger partial charge is 0.381 e. The molecule has 0 spiro atoms. The number of nitrogen functional groups attached to an aromatic ring is 1. The number of rotatable bonds is 4. The summed E-state index contributed by atoms with van der Waals surface area (Å²) in [6.45, 7) is 5.66. The van der Waals surface area contributed by atoms with Crippen LogP contribution in [-0.4, -0.2) is 24.8 Å². The predicted molar refractivity (Wildman–Crippen MR) is 68.1 cm³/mol. The molecule has 0 unspecified atom stereocenters. The fraction of sp³-hybridized carbons (Fsp3) is 0.583. The molecular formula is C12H18N6. The standard InChI is InChI=1S/C12H18N6/c1-3-17-10(6-8(2)15-17)7-18-11(9-4-5-9)12(13)14-16-18/h6,9H,3-5,7,13H2,1-2H3. The lowest BCUT2D eigenvalue weighted by Crippen LogP contribution is -2.11. The van der Waals surface area contributed by atoms with Gasteiger partial charge in [-0.25, -0.2) is 4.68 Å². The monoisotopic (exact) mass is 246 g/mol. The minimum Gasteiger partial charge on any atom is -0.381 e. The molecule has 0 bridgehead atoms. The summed E-state index contributed by atoms with van der Waals surface area (Å²) in [5.74, 6) is 1.14. The first-order valence-electron chi connectivity index (χ1n) is 6.41. The van der Waals surface area contributed by atoms with Gasteiger partial charge < -0.3 is 5.73 Å². The van der Waals surface area contributed by atoms with Crippen LogP contribution in [0, 0.1) is 6.92 Å². The van der Waals surface area contributed by atoms with E-state index in [2.05, 4.69) is 28.4 Å². The van der Waals surface area contributed by atoms with Gasteiger partial charge in [-0.1, -0.05) is 5.21 Å². The lowest BCUT2D eigenvalue weighted by molar-refractivity contribution is 0.552. The van der Waals surface area contributed by atoms with Gasteiger partial charge in [0.15, 0.2) is 5.82 Å². The first-order valence-corrected chi connectivity index (χ1v) is 6.41. The maximum absolute atomic E-state index is 5.89. The Bertz CT molecular complexity index is 563.